The van der Waals surface area contributed by atoms with Gasteiger partial charge in [0.2, 0.25) is 10.0 Å². The van der Waals surface area contributed by atoms with Gasteiger partial charge in [-0.05, 0) is 44.0 Å². The third kappa shape index (κ3) is 4.72. The summed E-state index contributed by atoms with van der Waals surface area (Å²) < 4.78 is 44.9. The molecule has 0 radical (unpaired) electrons. The number of nitriles is 1. The molecule has 0 aliphatic rings. The highest BCUT2D eigenvalue weighted by Crippen LogP contribution is 2.33. The van der Waals surface area contributed by atoms with E-state index in [0.29, 0.717) is 0 Å². The number of benzene rings is 1. The predicted octanol–water partition coefficient (Wildman–Crippen LogP) is 2.90. The summed E-state index contributed by atoms with van der Waals surface area (Å²) in [5.41, 5.74) is 0. The van der Waals surface area contributed by atoms with Crippen molar-refractivity contribution in [3.05, 3.63) is 26.9 Å². The molecule has 0 fully saturated rings. The van der Waals surface area contributed by atoms with Crippen molar-refractivity contribution < 1.29 is 17.5 Å². The maximum Gasteiger partial charge on any atom is 0.245 e. The van der Waals surface area contributed by atoms with Crippen LogP contribution in [-0.4, -0.2) is 39.5 Å². The molecule has 21 heavy (non-hydrogen) atoms. The first kappa shape index (κ1) is 18.5. The summed E-state index contributed by atoms with van der Waals surface area (Å²) in [4.78, 5) is -0.0713. The van der Waals surface area contributed by atoms with Crippen LogP contribution in [0.2, 0.25) is 0 Å². The highest BCUT2D eigenvalue weighted by molar-refractivity contribution is 9.11. The molecule has 5 nitrogen and oxygen atoms in total. The smallest absolute Gasteiger partial charge is 0.245 e. The fourth-order valence-corrected chi connectivity index (χ4v) is 5.50. The van der Waals surface area contributed by atoms with Gasteiger partial charge in [0.1, 0.15) is 10.7 Å². The van der Waals surface area contributed by atoms with E-state index in [0.717, 1.165) is 16.4 Å². The second-order valence-electron chi connectivity index (χ2n) is 4.00. The van der Waals surface area contributed by atoms with E-state index in [9.17, 15) is 12.8 Å². The zero-order valence-electron chi connectivity index (χ0n) is 11.1. The standard InChI is InChI=1S/C12H13Br2FN2O3S/c1-20-6-5-17(4-2-3-16)21(18,19)12-10(13)7-9(15)8-11(12)14/h7-8H,2,4-6H2,1H3. The molecule has 116 valence electrons. The van der Waals surface area contributed by atoms with E-state index in [1.54, 1.807) is 0 Å². The molecule has 0 unspecified atom stereocenters. The van der Waals surface area contributed by atoms with Crippen molar-refractivity contribution in [3.8, 4) is 6.07 Å². The molecule has 0 N–H and O–H groups in total. The van der Waals surface area contributed by atoms with Crippen molar-refractivity contribution in [2.24, 2.45) is 0 Å². The number of hydrogen-bond donors (Lipinski definition) is 0. The topological polar surface area (TPSA) is 70.4 Å². The minimum atomic E-state index is -3.88. The SMILES string of the molecule is COCCN(CCC#N)S(=O)(=O)c1c(Br)cc(F)cc1Br. The van der Waals surface area contributed by atoms with Crippen LogP contribution < -0.4 is 0 Å². The van der Waals surface area contributed by atoms with Gasteiger partial charge in [-0.3, -0.25) is 0 Å². The second-order valence-corrected chi connectivity index (χ2v) is 7.59. The van der Waals surface area contributed by atoms with Gasteiger partial charge in [0, 0.05) is 35.6 Å². The van der Waals surface area contributed by atoms with Gasteiger partial charge >= 0.3 is 0 Å². The van der Waals surface area contributed by atoms with Crippen LogP contribution in [0.4, 0.5) is 4.39 Å². The number of methoxy groups -OCH3 is 1. The number of sulfonamides is 1. The maximum atomic E-state index is 13.3. The van der Waals surface area contributed by atoms with E-state index in [-0.39, 0.29) is 40.0 Å². The number of halogens is 3. The summed E-state index contributed by atoms with van der Waals surface area (Å²) in [7, 11) is -2.42. The largest absolute Gasteiger partial charge is 0.383 e. The van der Waals surface area contributed by atoms with Gasteiger partial charge in [-0.15, -0.1) is 0 Å². The molecule has 0 aromatic heterocycles. The first-order valence-electron chi connectivity index (χ1n) is 5.85. The Hall–Kier alpha value is -0.530. The van der Waals surface area contributed by atoms with E-state index >= 15 is 0 Å². The van der Waals surface area contributed by atoms with Gasteiger partial charge in [-0.1, -0.05) is 0 Å². The van der Waals surface area contributed by atoms with Crippen LogP contribution in [0.3, 0.4) is 0 Å². The lowest BCUT2D eigenvalue weighted by Gasteiger charge is -2.22. The lowest BCUT2D eigenvalue weighted by Crippen LogP contribution is -2.35. The molecule has 9 heteroatoms. The van der Waals surface area contributed by atoms with Crippen molar-refractivity contribution in [2.75, 3.05) is 26.8 Å². The number of nitrogens with zero attached hydrogens (tertiary/aromatic N) is 2. The Bertz CT molecular complexity index is 623. The highest BCUT2D eigenvalue weighted by atomic mass is 79.9. The molecule has 1 aromatic rings. The fourth-order valence-electron chi connectivity index (χ4n) is 1.62. The molecule has 0 aliphatic carbocycles. The Morgan fingerprint density at radius 3 is 2.38 bits per heavy atom. The number of ether oxygens (including phenoxy) is 1. The molecular weight excluding hydrogens is 431 g/mol. The van der Waals surface area contributed by atoms with Crippen molar-refractivity contribution >= 4 is 41.9 Å². The monoisotopic (exact) mass is 442 g/mol. The Labute approximate surface area is 140 Å². The summed E-state index contributed by atoms with van der Waals surface area (Å²) >= 11 is 6.13. The van der Waals surface area contributed by atoms with Gasteiger partial charge in [0.25, 0.3) is 0 Å². The third-order valence-electron chi connectivity index (χ3n) is 2.58. The lowest BCUT2D eigenvalue weighted by atomic mass is 10.3. The van der Waals surface area contributed by atoms with Crippen LogP contribution in [0.1, 0.15) is 6.42 Å². The second kappa shape index (κ2) is 8.19. The molecule has 0 atom stereocenters. The number of rotatable bonds is 7. The first-order chi connectivity index (χ1) is 9.84. The van der Waals surface area contributed by atoms with E-state index in [2.05, 4.69) is 31.9 Å². The lowest BCUT2D eigenvalue weighted by molar-refractivity contribution is 0.179. The van der Waals surface area contributed by atoms with E-state index < -0.39 is 15.8 Å². The zero-order valence-corrected chi connectivity index (χ0v) is 15.1. The van der Waals surface area contributed by atoms with Crippen LogP contribution in [-0.2, 0) is 14.8 Å². The molecule has 0 saturated carbocycles. The molecular formula is C12H13Br2FN2O3S. The number of hydrogen-bond acceptors (Lipinski definition) is 4. The molecule has 0 bridgehead atoms. The minimum Gasteiger partial charge on any atom is -0.383 e. The van der Waals surface area contributed by atoms with Crippen molar-refractivity contribution in [2.45, 2.75) is 11.3 Å². The molecule has 0 amide bonds. The average Bonchev–Trinajstić information content (AvgIpc) is 2.36. The predicted molar refractivity (Wildman–Crippen MR) is 82.7 cm³/mol. The molecule has 1 rings (SSSR count). The fraction of sp³-hybridized carbons (Fsp3) is 0.417. The Kier molecular flexibility index (Phi) is 7.23. The van der Waals surface area contributed by atoms with Gasteiger partial charge in [-0.25, -0.2) is 12.8 Å². The van der Waals surface area contributed by atoms with Crippen molar-refractivity contribution in [1.82, 2.24) is 4.31 Å². The van der Waals surface area contributed by atoms with E-state index in [1.165, 1.54) is 7.11 Å². The van der Waals surface area contributed by atoms with Crippen LogP contribution in [0, 0.1) is 17.1 Å². The quantitative estimate of drug-likeness (QED) is 0.649. The molecule has 0 spiro atoms. The molecule has 0 aliphatic heterocycles. The third-order valence-corrected chi connectivity index (χ3v) is 6.36. The zero-order chi connectivity index (χ0) is 16.0. The van der Waals surface area contributed by atoms with Gasteiger partial charge in [-0.2, -0.15) is 9.57 Å². The minimum absolute atomic E-state index is 0.0401. The highest BCUT2D eigenvalue weighted by Gasteiger charge is 2.29. The van der Waals surface area contributed by atoms with E-state index in [1.807, 2.05) is 6.07 Å². The van der Waals surface area contributed by atoms with Crippen molar-refractivity contribution in [1.29, 1.82) is 5.26 Å². The Balaban J connectivity index is 3.25. The average molecular weight is 444 g/mol. The first-order valence-corrected chi connectivity index (χ1v) is 8.87. The van der Waals surface area contributed by atoms with Crippen LogP contribution in [0.25, 0.3) is 0 Å². The van der Waals surface area contributed by atoms with Crippen LogP contribution >= 0.6 is 31.9 Å². The Morgan fingerprint density at radius 1 is 1.33 bits per heavy atom. The molecule has 0 heterocycles. The summed E-state index contributed by atoms with van der Waals surface area (Å²) in [5.74, 6) is -0.562. The van der Waals surface area contributed by atoms with Crippen LogP contribution in [0.5, 0.6) is 0 Å². The van der Waals surface area contributed by atoms with Crippen LogP contribution in [0.15, 0.2) is 26.0 Å². The van der Waals surface area contributed by atoms with Gasteiger partial charge < -0.3 is 4.74 Å². The van der Waals surface area contributed by atoms with E-state index in [4.69, 9.17) is 10.00 Å². The van der Waals surface area contributed by atoms with Crippen molar-refractivity contribution in [3.63, 3.8) is 0 Å². The normalized spacial score (nSPS) is 11.6. The maximum absolute atomic E-state index is 13.3. The van der Waals surface area contributed by atoms with Gasteiger partial charge in [0.05, 0.1) is 12.7 Å². The summed E-state index contributed by atoms with van der Waals surface area (Å²) in [6, 6.07) is 4.07. The summed E-state index contributed by atoms with van der Waals surface area (Å²) in [6.07, 6.45) is 0.0549. The molecule has 0 saturated heterocycles. The van der Waals surface area contributed by atoms with Gasteiger partial charge in [0.15, 0.2) is 0 Å². The summed E-state index contributed by atoms with van der Waals surface area (Å²) in [5, 5.41) is 8.65. The Morgan fingerprint density at radius 2 is 1.90 bits per heavy atom. The molecule has 1 aromatic carbocycles. The summed E-state index contributed by atoms with van der Waals surface area (Å²) in [6.45, 7) is 0.344.